The van der Waals surface area contributed by atoms with Gasteiger partial charge >= 0.3 is 5.97 Å². The van der Waals surface area contributed by atoms with Crippen LogP contribution in [-0.2, 0) is 16.0 Å². The Balaban J connectivity index is 2.51. The largest absolute Gasteiger partial charge is 0.481 e. The molecule has 0 aliphatic rings. The van der Waals surface area contributed by atoms with E-state index in [0.717, 1.165) is 17.3 Å². The third kappa shape index (κ3) is 4.48. The van der Waals surface area contributed by atoms with E-state index in [1.807, 2.05) is 16.8 Å². The van der Waals surface area contributed by atoms with Crippen molar-refractivity contribution in [1.29, 1.82) is 0 Å². The number of thiophene rings is 1. The summed E-state index contributed by atoms with van der Waals surface area (Å²) in [6.07, 6.45) is 0.499. The number of hydrogen-bond acceptors (Lipinski definition) is 4. The maximum absolute atomic E-state index is 10.9. The van der Waals surface area contributed by atoms with Gasteiger partial charge in [0.1, 0.15) is 0 Å². The van der Waals surface area contributed by atoms with E-state index in [1.54, 1.807) is 11.3 Å². The number of carbonyl (C=O) groups excluding carboxylic acids is 1. The average Bonchev–Trinajstić information content (AvgIpc) is 2.63. The molecule has 0 saturated heterocycles. The molecule has 1 N–H and O–H groups in total. The summed E-state index contributed by atoms with van der Waals surface area (Å²) >= 11 is 2.62. The van der Waals surface area contributed by atoms with Gasteiger partial charge < -0.3 is 5.11 Å². The third-order valence-corrected chi connectivity index (χ3v) is 3.61. The zero-order chi connectivity index (χ0) is 11.3. The van der Waals surface area contributed by atoms with E-state index in [0.29, 0.717) is 12.2 Å². The molecule has 0 aliphatic heterocycles. The minimum absolute atomic E-state index is 0.0356. The van der Waals surface area contributed by atoms with Crippen molar-refractivity contribution in [2.45, 2.75) is 13.3 Å². The SMILES string of the molecule is CC(=O)SC[C@@H](Cc1ccsc1)C(=O)O. The van der Waals surface area contributed by atoms with Gasteiger partial charge in [-0.25, -0.2) is 0 Å². The molecule has 1 aromatic heterocycles. The molecule has 0 spiro atoms. The molecule has 82 valence electrons. The van der Waals surface area contributed by atoms with Crippen molar-refractivity contribution in [1.82, 2.24) is 0 Å². The Morgan fingerprint density at radius 3 is 2.80 bits per heavy atom. The molecule has 1 heterocycles. The van der Waals surface area contributed by atoms with Gasteiger partial charge in [-0.05, 0) is 28.8 Å². The first kappa shape index (κ1) is 12.3. The monoisotopic (exact) mass is 244 g/mol. The van der Waals surface area contributed by atoms with E-state index in [-0.39, 0.29) is 5.12 Å². The van der Waals surface area contributed by atoms with Crippen LogP contribution in [0.25, 0.3) is 0 Å². The van der Waals surface area contributed by atoms with Crippen molar-refractivity contribution < 1.29 is 14.7 Å². The molecule has 1 atom stereocenters. The second-order valence-corrected chi connectivity index (χ2v) is 5.15. The lowest BCUT2D eigenvalue weighted by Gasteiger charge is -2.09. The van der Waals surface area contributed by atoms with Crippen molar-refractivity contribution >= 4 is 34.2 Å². The second-order valence-electron chi connectivity index (χ2n) is 3.17. The lowest BCUT2D eigenvalue weighted by Crippen LogP contribution is -2.19. The summed E-state index contributed by atoms with van der Waals surface area (Å²) in [6, 6.07) is 1.92. The van der Waals surface area contributed by atoms with Gasteiger partial charge in [0.05, 0.1) is 5.92 Å². The number of carboxylic acids is 1. The van der Waals surface area contributed by atoms with Crippen LogP contribution in [0.3, 0.4) is 0 Å². The van der Waals surface area contributed by atoms with E-state index in [1.165, 1.54) is 6.92 Å². The Morgan fingerprint density at radius 1 is 1.60 bits per heavy atom. The summed E-state index contributed by atoms with van der Waals surface area (Å²) in [6.45, 7) is 1.45. The average molecular weight is 244 g/mol. The molecule has 15 heavy (non-hydrogen) atoms. The van der Waals surface area contributed by atoms with Crippen molar-refractivity contribution in [3.05, 3.63) is 22.4 Å². The number of thioether (sulfide) groups is 1. The van der Waals surface area contributed by atoms with E-state index in [2.05, 4.69) is 0 Å². The lowest BCUT2D eigenvalue weighted by atomic mass is 10.0. The van der Waals surface area contributed by atoms with Crippen LogP contribution in [0.4, 0.5) is 0 Å². The van der Waals surface area contributed by atoms with Gasteiger partial charge in [0, 0.05) is 12.7 Å². The summed E-state index contributed by atoms with van der Waals surface area (Å²) in [4.78, 5) is 21.7. The molecule has 0 unspecified atom stereocenters. The third-order valence-electron chi connectivity index (χ3n) is 1.90. The molecule has 3 nitrogen and oxygen atoms in total. The highest BCUT2D eigenvalue weighted by atomic mass is 32.2. The van der Waals surface area contributed by atoms with Gasteiger partial charge in [-0.3, -0.25) is 9.59 Å². The molecule has 0 bridgehead atoms. The van der Waals surface area contributed by atoms with Crippen molar-refractivity contribution in [3.63, 3.8) is 0 Å². The maximum atomic E-state index is 10.9. The van der Waals surface area contributed by atoms with E-state index in [4.69, 9.17) is 5.11 Å². The first-order valence-corrected chi connectivity index (χ1v) is 6.39. The zero-order valence-electron chi connectivity index (χ0n) is 8.30. The van der Waals surface area contributed by atoms with Crippen LogP contribution in [0.1, 0.15) is 12.5 Å². The summed E-state index contributed by atoms with van der Waals surface area (Å²) in [5, 5.41) is 12.8. The van der Waals surface area contributed by atoms with Crippen LogP contribution < -0.4 is 0 Å². The fraction of sp³-hybridized carbons (Fsp3) is 0.400. The fourth-order valence-corrected chi connectivity index (χ4v) is 2.51. The number of carboxylic acid groups (broad SMARTS) is 1. The Hall–Kier alpha value is -0.810. The summed E-state index contributed by atoms with van der Waals surface area (Å²) in [5.41, 5.74) is 1.02. The second kappa shape index (κ2) is 5.92. The first-order valence-electron chi connectivity index (χ1n) is 4.47. The topological polar surface area (TPSA) is 54.4 Å². The molecule has 0 aromatic carbocycles. The van der Waals surface area contributed by atoms with Crippen LogP contribution in [0.15, 0.2) is 16.8 Å². The molecule has 0 amide bonds. The predicted molar refractivity (Wildman–Crippen MR) is 62.3 cm³/mol. The Labute approximate surface area is 96.5 Å². The molecule has 0 saturated carbocycles. The summed E-state index contributed by atoms with van der Waals surface area (Å²) in [7, 11) is 0. The Bertz CT molecular complexity index is 332. The minimum atomic E-state index is -0.838. The predicted octanol–water partition coefficient (Wildman–Crippen LogP) is 2.27. The van der Waals surface area contributed by atoms with Gasteiger partial charge in [-0.2, -0.15) is 11.3 Å². The quantitative estimate of drug-likeness (QED) is 0.863. The van der Waals surface area contributed by atoms with Gasteiger partial charge in [-0.15, -0.1) is 0 Å². The smallest absolute Gasteiger partial charge is 0.307 e. The van der Waals surface area contributed by atoms with Crippen LogP contribution in [0.2, 0.25) is 0 Å². The van der Waals surface area contributed by atoms with Crippen molar-refractivity contribution in [2.75, 3.05) is 5.75 Å². The van der Waals surface area contributed by atoms with Crippen molar-refractivity contribution in [3.8, 4) is 0 Å². The van der Waals surface area contributed by atoms with E-state index >= 15 is 0 Å². The molecule has 5 heteroatoms. The van der Waals surface area contributed by atoms with Crippen LogP contribution >= 0.6 is 23.1 Å². The maximum Gasteiger partial charge on any atom is 0.307 e. The molecule has 0 aliphatic carbocycles. The molecule has 1 aromatic rings. The molecule has 1 rings (SSSR count). The molecule has 0 fully saturated rings. The number of carbonyl (C=O) groups is 2. The van der Waals surface area contributed by atoms with Gasteiger partial charge in [0.25, 0.3) is 0 Å². The standard InChI is InChI=1S/C10H12O3S2/c1-7(11)15-6-9(10(12)13)4-8-2-3-14-5-8/h2-3,5,9H,4,6H2,1H3,(H,12,13)/t9-/m1/s1. The minimum Gasteiger partial charge on any atom is -0.481 e. The highest BCUT2D eigenvalue weighted by Crippen LogP contribution is 2.17. The number of hydrogen-bond donors (Lipinski definition) is 1. The van der Waals surface area contributed by atoms with E-state index in [9.17, 15) is 9.59 Å². The lowest BCUT2D eigenvalue weighted by molar-refractivity contribution is -0.140. The number of rotatable bonds is 5. The Morgan fingerprint density at radius 2 is 2.33 bits per heavy atom. The highest BCUT2D eigenvalue weighted by Gasteiger charge is 2.18. The highest BCUT2D eigenvalue weighted by molar-refractivity contribution is 8.13. The van der Waals surface area contributed by atoms with Crippen molar-refractivity contribution in [2.24, 2.45) is 5.92 Å². The normalized spacial score (nSPS) is 12.3. The fourth-order valence-electron chi connectivity index (χ4n) is 1.13. The zero-order valence-corrected chi connectivity index (χ0v) is 9.94. The van der Waals surface area contributed by atoms with E-state index < -0.39 is 11.9 Å². The summed E-state index contributed by atoms with van der Waals surface area (Å²) in [5.74, 6) is -0.969. The summed E-state index contributed by atoms with van der Waals surface area (Å²) < 4.78 is 0. The molecular formula is C10H12O3S2. The van der Waals surface area contributed by atoms with Gasteiger partial charge in [0.15, 0.2) is 5.12 Å². The molecular weight excluding hydrogens is 232 g/mol. The van der Waals surface area contributed by atoms with Gasteiger partial charge in [-0.1, -0.05) is 11.8 Å². The number of aliphatic carboxylic acids is 1. The first-order chi connectivity index (χ1) is 7.09. The van der Waals surface area contributed by atoms with Crippen LogP contribution in [0.5, 0.6) is 0 Å². The molecule has 0 radical (unpaired) electrons. The van der Waals surface area contributed by atoms with Gasteiger partial charge in [0.2, 0.25) is 0 Å². The van der Waals surface area contributed by atoms with Crippen LogP contribution in [-0.4, -0.2) is 21.9 Å². The Kier molecular flexibility index (Phi) is 4.84. The van der Waals surface area contributed by atoms with Crippen LogP contribution in [0, 0.1) is 5.92 Å².